The van der Waals surface area contributed by atoms with Crippen LogP contribution in [0.25, 0.3) is 5.82 Å². The summed E-state index contributed by atoms with van der Waals surface area (Å²) < 4.78 is 29.0. The molecule has 0 aliphatic carbocycles. The maximum atomic E-state index is 14.3. The second-order valence-electron chi connectivity index (χ2n) is 5.94. The third kappa shape index (κ3) is 2.72. The molecule has 0 bridgehead atoms. The smallest absolute Gasteiger partial charge is 0.226 e. The largest absolute Gasteiger partial charge is 0.310 e. The summed E-state index contributed by atoms with van der Waals surface area (Å²) in [6.45, 7) is 1.75. The fraction of sp³-hybridized carbons (Fsp3) is 0.176. The molecule has 1 N–H and O–H groups in total. The number of aryl methyl sites for hydroxylation is 1. The molecule has 2 aromatic heterocycles. The van der Waals surface area contributed by atoms with Crippen molar-refractivity contribution >= 4 is 23.3 Å². The first-order valence-electron chi connectivity index (χ1n) is 7.78. The monoisotopic (exact) mass is 375 g/mol. The van der Waals surface area contributed by atoms with E-state index in [0.29, 0.717) is 22.9 Å². The van der Waals surface area contributed by atoms with Crippen LogP contribution >= 0.6 is 11.6 Å². The van der Waals surface area contributed by atoms with Gasteiger partial charge >= 0.3 is 0 Å². The molecular formula is C17H12ClF2N5O. The van der Waals surface area contributed by atoms with E-state index in [0.717, 1.165) is 6.07 Å². The number of aromatic nitrogens is 4. The number of halogens is 3. The van der Waals surface area contributed by atoms with Gasteiger partial charge in [-0.15, -0.1) is 10.2 Å². The molecule has 6 nitrogen and oxygen atoms in total. The molecule has 9 heteroatoms. The molecule has 0 saturated carbocycles. The van der Waals surface area contributed by atoms with Crippen LogP contribution in [0.3, 0.4) is 0 Å². The zero-order valence-corrected chi connectivity index (χ0v) is 14.3. The highest BCUT2D eigenvalue weighted by atomic mass is 35.5. The second kappa shape index (κ2) is 6.14. The highest BCUT2D eigenvalue weighted by Crippen LogP contribution is 2.40. The Labute approximate surface area is 151 Å². The summed E-state index contributed by atoms with van der Waals surface area (Å²) in [5.74, 6) is -1.49. The minimum atomic E-state index is -0.700. The average molecular weight is 376 g/mol. The topological polar surface area (TPSA) is 72.7 Å². The number of hydrogen-bond acceptors (Lipinski definition) is 4. The van der Waals surface area contributed by atoms with E-state index in [9.17, 15) is 13.6 Å². The lowest BCUT2D eigenvalue weighted by Gasteiger charge is -2.24. The Hall–Kier alpha value is -2.87. The molecule has 3 aromatic rings. The maximum Gasteiger partial charge on any atom is 0.226 e. The lowest BCUT2D eigenvalue weighted by molar-refractivity contribution is -0.116. The number of carbonyl (C=O) groups excluding carboxylic acids is 1. The molecule has 132 valence electrons. The normalized spacial score (nSPS) is 16.3. The summed E-state index contributed by atoms with van der Waals surface area (Å²) in [7, 11) is 0. The first kappa shape index (κ1) is 16.6. The van der Waals surface area contributed by atoms with Crippen molar-refractivity contribution in [3.63, 3.8) is 0 Å². The van der Waals surface area contributed by atoms with Gasteiger partial charge in [0.1, 0.15) is 17.5 Å². The van der Waals surface area contributed by atoms with Gasteiger partial charge in [0, 0.05) is 24.0 Å². The summed E-state index contributed by atoms with van der Waals surface area (Å²) in [6.07, 6.45) is 0.0361. The van der Waals surface area contributed by atoms with Gasteiger partial charge in [-0.25, -0.2) is 8.78 Å². The standard InChI is InChI=1S/C17H12ClF2N5O/c1-8-16-11(10-3-2-9(19)6-12(10)20)7-15(26)21-17(16)25(24-8)14-5-4-13(18)22-23-14/h2-6,11H,7H2,1H3,(H,21,26)/t11-/m1/s1. The van der Waals surface area contributed by atoms with E-state index in [1.165, 1.54) is 16.8 Å². The number of carbonyl (C=O) groups is 1. The molecule has 0 unspecified atom stereocenters. The Morgan fingerprint density at radius 1 is 1.23 bits per heavy atom. The van der Waals surface area contributed by atoms with Crippen molar-refractivity contribution in [1.82, 2.24) is 20.0 Å². The molecule has 1 amide bonds. The fourth-order valence-electron chi connectivity index (χ4n) is 3.18. The Balaban J connectivity index is 1.88. The fourth-order valence-corrected chi connectivity index (χ4v) is 3.29. The lowest BCUT2D eigenvalue weighted by atomic mass is 9.85. The minimum Gasteiger partial charge on any atom is -0.310 e. The first-order chi connectivity index (χ1) is 12.4. The van der Waals surface area contributed by atoms with Gasteiger partial charge < -0.3 is 5.32 Å². The molecule has 1 aromatic carbocycles. The van der Waals surface area contributed by atoms with Crippen LogP contribution < -0.4 is 5.32 Å². The van der Waals surface area contributed by atoms with E-state index in [-0.39, 0.29) is 23.0 Å². The van der Waals surface area contributed by atoms with E-state index in [2.05, 4.69) is 20.6 Å². The number of benzene rings is 1. The summed E-state index contributed by atoms with van der Waals surface area (Å²) in [5, 5.41) is 15.1. The number of fused-ring (bicyclic) bond motifs is 1. The lowest BCUT2D eigenvalue weighted by Crippen LogP contribution is -2.25. The van der Waals surface area contributed by atoms with E-state index in [1.54, 1.807) is 19.1 Å². The summed E-state index contributed by atoms with van der Waals surface area (Å²) in [4.78, 5) is 12.2. The number of hydrogen-bond donors (Lipinski definition) is 1. The van der Waals surface area contributed by atoms with Crippen LogP contribution in [-0.2, 0) is 4.79 Å². The van der Waals surface area contributed by atoms with Crippen molar-refractivity contribution < 1.29 is 13.6 Å². The van der Waals surface area contributed by atoms with Crippen LogP contribution in [0.1, 0.15) is 29.2 Å². The molecule has 1 aliphatic rings. The molecule has 3 heterocycles. The number of nitrogens with one attached hydrogen (secondary N) is 1. The van der Waals surface area contributed by atoms with Crippen molar-refractivity contribution in [2.45, 2.75) is 19.3 Å². The molecule has 0 radical (unpaired) electrons. The van der Waals surface area contributed by atoms with E-state index in [1.807, 2.05) is 0 Å². The van der Waals surface area contributed by atoms with Gasteiger partial charge in [0.2, 0.25) is 5.91 Å². The third-order valence-corrected chi connectivity index (χ3v) is 4.48. The molecule has 4 rings (SSSR count). The van der Waals surface area contributed by atoms with Gasteiger partial charge in [0.05, 0.1) is 5.69 Å². The summed E-state index contributed by atoms with van der Waals surface area (Å²) in [6, 6.07) is 6.50. The molecule has 26 heavy (non-hydrogen) atoms. The number of amides is 1. The van der Waals surface area contributed by atoms with Crippen LogP contribution in [0.15, 0.2) is 30.3 Å². The molecular weight excluding hydrogens is 364 g/mol. The zero-order chi connectivity index (χ0) is 18.4. The van der Waals surface area contributed by atoms with Crippen molar-refractivity contribution in [2.24, 2.45) is 0 Å². The van der Waals surface area contributed by atoms with Gasteiger partial charge in [-0.3, -0.25) is 4.79 Å². The van der Waals surface area contributed by atoms with Crippen LogP contribution in [0.2, 0.25) is 5.15 Å². The Bertz CT molecular complexity index is 1020. The highest BCUT2D eigenvalue weighted by molar-refractivity contribution is 6.29. The van der Waals surface area contributed by atoms with E-state index >= 15 is 0 Å². The molecule has 0 saturated heterocycles. The Kier molecular flexibility index (Phi) is 3.91. The minimum absolute atomic E-state index is 0.0361. The number of rotatable bonds is 2. The van der Waals surface area contributed by atoms with Crippen LogP contribution in [-0.4, -0.2) is 25.9 Å². The van der Waals surface area contributed by atoms with Gasteiger partial charge in [0.15, 0.2) is 11.0 Å². The SMILES string of the molecule is Cc1nn(-c2ccc(Cl)nn2)c2c1[C@@H](c1ccc(F)cc1F)CC(=O)N2. The zero-order valence-electron chi connectivity index (χ0n) is 13.5. The molecule has 1 atom stereocenters. The summed E-state index contributed by atoms with van der Waals surface area (Å²) in [5.41, 5.74) is 1.50. The summed E-state index contributed by atoms with van der Waals surface area (Å²) >= 11 is 5.76. The number of anilines is 1. The Morgan fingerprint density at radius 2 is 2.04 bits per heavy atom. The van der Waals surface area contributed by atoms with Crippen molar-refractivity contribution in [1.29, 1.82) is 0 Å². The molecule has 0 fully saturated rings. The third-order valence-electron chi connectivity index (χ3n) is 4.28. The Morgan fingerprint density at radius 3 is 2.73 bits per heavy atom. The van der Waals surface area contributed by atoms with Gasteiger partial charge in [-0.1, -0.05) is 17.7 Å². The van der Waals surface area contributed by atoms with E-state index in [4.69, 9.17) is 11.6 Å². The van der Waals surface area contributed by atoms with Crippen molar-refractivity contribution in [2.75, 3.05) is 5.32 Å². The van der Waals surface area contributed by atoms with Crippen molar-refractivity contribution in [3.8, 4) is 5.82 Å². The predicted octanol–water partition coefficient (Wildman–Crippen LogP) is 3.38. The van der Waals surface area contributed by atoms with Gasteiger partial charge in [-0.2, -0.15) is 9.78 Å². The molecule has 0 spiro atoms. The highest BCUT2D eigenvalue weighted by Gasteiger charge is 2.34. The van der Waals surface area contributed by atoms with Crippen LogP contribution in [0, 0.1) is 18.6 Å². The molecule has 1 aliphatic heterocycles. The number of nitrogens with zero attached hydrogens (tertiary/aromatic N) is 4. The van der Waals surface area contributed by atoms with E-state index < -0.39 is 17.6 Å². The van der Waals surface area contributed by atoms with Gasteiger partial charge in [0.25, 0.3) is 0 Å². The van der Waals surface area contributed by atoms with Crippen LogP contribution in [0.4, 0.5) is 14.6 Å². The van der Waals surface area contributed by atoms with Crippen LogP contribution in [0.5, 0.6) is 0 Å². The van der Waals surface area contributed by atoms with Gasteiger partial charge in [-0.05, 0) is 30.7 Å². The quantitative estimate of drug-likeness (QED) is 0.745. The van der Waals surface area contributed by atoms with Crippen molar-refractivity contribution in [3.05, 3.63) is 63.9 Å². The maximum absolute atomic E-state index is 14.3. The first-order valence-corrected chi connectivity index (χ1v) is 8.15. The predicted molar refractivity (Wildman–Crippen MR) is 90.3 cm³/mol. The second-order valence-corrected chi connectivity index (χ2v) is 6.33. The average Bonchev–Trinajstić information content (AvgIpc) is 2.91.